The SMILES string of the molecule is CCCCCOC(=O)C(CC)(CC)C(=O)Oc1ccccc1[N+](=O)[O-]. The molecule has 0 amide bonds. The van der Waals surface area contributed by atoms with E-state index in [-0.39, 0.29) is 30.9 Å². The molecule has 0 saturated carbocycles. The van der Waals surface area contributed by atoms with Gasteiger partial charge in [0.05, 0.1) is 11.5 Å². The first kappa shape index (κ1) is 20.6. The molecule has 138 valence electrons. The minimum Gasteiger partial charge on any atom is -0.465 e. The van der Waals surface area contributed by atoms with Gasteiger partial charge in [-0.2, -0.15) is 0 Å². The number of unbranched alkanes of at least 4 members (excludes halogenated alkanes) is 2. The predicted molar refractivity (Wildman–Crippen MR) is 92.2 cm³/mol. The number of benzene rings is 1. The van der Waals surface area contributed by atoms with Crippen molar-refractivity contribution in [2.75, 3.05) is 6.61 Å². The van der Waals surface area contributed by atoms with Crippen LogP contribution in [0.15, 0.2) is 24.3 Å². The molecule has 0 fully saturated rings. The van der Waals surface area contributed by atoms with E-state index in [1.165, 1.54) is 24.3 Å². The number of nitrogens with zero attached hydrogens (tertiary/aromatic N) is 1. The van der Waals surface area contributed by atoms with E-state index < -0.39 is 22.3 Å². The Hall–Kier alpha value is -2.44. The Balaban J connectivity index is 2.96. The van der Waals surface area contributed by atoms with Crippen LogP contribution in [0.5, 0.6) is 5.75 Å². The Morgan fingerprint density at radius 1 is 1.08 bits per heavy atom. The Kier molecular flexibility index (Phi) is 8.04. The first-order valence-electron chi connectivity index (χ1n) is 8.55. The monoisotopic (exact) mass is 351 g/mol. The minimum absolute atomic E-state index is 0.178. The van der Waals surface area contributed by atoms with Gasteiger partial charge < -0.3 is 9.47 Å². The van der Waals surface area contributed by atoms with E-state index in [0.717, 1.165) is 19.3 Å². The van der Waals surface area contributed by atoms with Gasteiger partial charge in [-0.3, -0.25) is 19.7 Å². The molecule has 0 radical (unpaired) electrons. The number of esters is 2. The Morgan fingerprint density at radius 2 is 1.72 bits per heavy atom. The van der Waals surface area contributed by atoms with E-state index in [0.29, 0.717) is 0 Å². The number of ether oxygens (including phenoxy) is 2. The number of hydrogen-bond acceptors (Lipinski definition) is 6. The molecular formula is C18H25NO6. The summed E-state index contributed by atoms with van der Waals surface area (Å²) in [5, 5.41) is 11.1. The van der Waals surface area contributed by atoms with Crippen molar-refractivity contribution < 1.29 is 24.0 Å². The van der Waals surface area contributed by atoms with Gasteiger partial charge in [0.1, 0.15) is 0 Å². The molecule has 0 aliphatic carbocycles. The second kappa shape index (κ2) is 9.76. The van der Waals surface area contributed by atoms with Crippen molar-refractivity contribution in [1.82, 2.24) is 0 Å². The van der Waals surface area contributed by atoms with Crippen molar-refractivity contribution >= 4 is 17.6 Å². The summed E-state index contributed by atoms with van der Waals surface area (Å²) >= 11 is 0. The fourth-order valence-corrected chi connectivity index (χ4v) is 2.46. The fraction of sp³-hybridized carbons (Fsp3) is 0.556. The van der Waals surface area contributed by atoms with Gasteiger partial charge in [0, 0.05) is 6.07 Å². The molecule has 0 spiro atoms. The molecule has 0 atom stereocenters. The highest BCUT2D eigenvalue weighted by molar-refractivity contribution is 6.01. The molecule has 25 heavy (non-hydrogen) atoms. The van der Waals surface area contributed by atoms with Gasteiger partial charge in [0.15, 0.2) is 5.41 Å². The molecule has 0 saturated heterocycles. The lowest BCUT2D eigenvalue weighted by Crippen LogP contribution is -2.42. The van der Waals surface area contributed by atoms with Crippen LogP contribution >= 0.6 is 0 Å². The number of hydrogen-bond donors (Lipinski definition) is 0. The number of carbonyl (C=O) groups excluding carboxylic acids is 2. The Labute approximate surface area is 147 Å². The maximum atomic E-state index is 12.7. The predicted octanol–water partition coefficient (Wildman–Crippen LogP) is 4.04. The minimum atomic E-state index is -1.46. The van der Waals surface area contributed by atoms with E-state index in [2.05, 4.69) is 0 Å². The van der Waals surface area contributed by atoms with Crippen LogP contribution in [-0.2, 0) is 14.3 Å². The summed E-state index contributed by atoms with van der Waals surface area (Å²) < 4.78 is 10.5. The number of nitro benzene ring substituents is 1. The van der Waals surface area contributed by atoms with Crippen molar-refractivity contribution in [3.63, 3.8) is 0 Å². The normalized spacial score (nSPS) is 11.0. The maximum Gasteiger partial charge on any atom is 0.329 e. The van der Waals surface area contributed by atoms with Crippen molar-refractivity contribution in [2.24, 2.45) is 5.41 Å². The molecular weight excluding hydrogens is 326 g/mol. The lowest BCUT2D eigenvalue weighted by Gasteiger charge is -2.26. The van der Waals surface area contributed by atoms with E-state index in [9.17, 15) is 19.7 Å². The lowest BCUT2D eigenvalue weighted by atomic mass is 9.82. The van der Waals surface area contributed by atoms with Crippen LogP contribution in [0.2, 0.25) is 0 Å². The van der Waals surface area contributed by atoms with Gasteiger partial charge in [0.2, 0.25) is 5.75 Å². The third kappa shape index (κ3) is 5.01. The van der Waals surface area contributed by atoms with Crippen LogP contribution in [0.3, 0.4) is 0 Å². The second-order valence-electron chi connectivity index (χ2n) is 5.75. The molecule has 0 aliphatic rings. The van der Waals surface area contributed by atoms with Crippen molar-refractivity contribution in [3.8, 4) is 5.75 Å². The van der Waals surface area contributed by atoms with Gasteiger partial charge in [-0.05, 0) is 25.3 Å². The molecule has 1 aromatic rings. The largest absolute Gasteiger partial charge is 0.465 e. The van der Waals surface area contributed by atoms with Crippen molar-refractivity contribution in [1.29, 1.82) is 0 Å². The van der Waals surface area contributed by atoms with Crippen molar-refractivity contribution in [2.45, 2.75) is 52.9 Å². The second-order valence-corrected chi connectivity index (χ2v) is 5.75. The fourth-order valence-electron chi connectivity index (χ4n) is 2.46. The molecule has 7 nitrogen and oxygen atoms in total. The Morgan fingerprint density at radius 3 is 2.28 bits per heavy atom. The van der Waals surface area contributed by atoms with E-state index in [1.54, 1.807) is 13.8 Å². The summed E-state index contributed by atoms with van der Waals surface area (Å²) in [7, 11) is 0. The molecule has 0 N–H and O–H groups in total. The van der Waals surface area contributed by atoms with Crippen LogP contribution in [0, 0.1) is 15.5 Å². The molecule has 0 aromatic heterocycles. The zero-order valence-corrected chi connectivity index (χ0v) is 14.9. The number of rotatable bonds is 10. The van der Waals surface area contributed by atoms with Crippen LogP contribution in [0.1, 0.15) is 52.9 Å². The molecule has 7 heteroatoms. The van der Waals surface area contributed by atoms with E-state index in [4.69, 9.17) is 9.47 Å². The summed E-state index contributed by atoms with van der Waals surface area (Å²) in [5.74, 6) is -1.65. The van der Waals surface area contributed by atoms with Gasteiger partial charge in [-0.25, -0.2) is 0 Å². The van der Waals surface area contributed by atoms with Gasteiger partial charge in [0.25, 0.3) is 0 Å². The third-order valence-electron chi connectivity index (χ3n) is 4.23. The van der Waals surface area contributed by atoms with Gasteiger partial charge in [-0.15, -0.1) is 0 Å². The maximum absolute atomic E-state index is 12.7. The van der Waals surface area contributed by atoms with E-state index >= 15 is 0 Å². The first-order chi connectivity index (χ1) is 11.9. The topological polar surface area (TPSA) is 95.7 Å². The smallest absolute Gasteiger partial charge is 0.329 e. The Bertz CT molecular complexity index is 609. The number of nitro groups is 1. The summed E-state index contributed by atoms with van der Waals surface area (Å²) in [5.41, 5.74) is -1.79. The summed E-state index contributed by atoms with van der Waals surface area (Å²) in [6, 6.07) is 5.58. The molecule has 0 bridgehead atoms. The average molecular weight is 351 g/mol. The summed E-state index contributed by atoms with van der Waals surface area (Å²) in [6.45, 7) is 5.66. The zero-order chi connectivity index (χ0) is 18.9. The third-order valence-corrected chi connectivity index (χ3v) is 4.23. The van der Waals surface area contributed by atoms with Crippen LogP contribution in [0.25, 0.3) is 0 Å². The van der Waals surface area contributed by atoms with Gasteiger partial charge in [-0.1, -0.05) is 45.7 Å². The standard InChI is InChI=1S/C18H25NO6/c1-4-7-10-13-24-16(20)18(5-2,6-3)17(21)25-15-12-9-8-11-14(15)19(22)23/h8-9,11-12H,4-7,10,13H2,1-3H3. The van der Waals surface area contributed by atoms with Crippen LogP contribution < -0.4 is 4.74 Å². The highest BCUT2D eigenvalue weighted by atomic mass is 16.6. The number of carbonyl (C=O) groups is 2. The zero-order valence-electron chi connectivity index (χ0n) is 14.9. The van der Waals surface area contributed by atoms with Crippen LogP contribution in [0.4, 0.5) is 5.69 Å². The highest BCUT2D eigenvalue weighted by Crippen LogP contribution is 2.33. The van der Waals surface area contributed by atoms with Crippen LogP contribution in [-0.4, -0.2) is 23.5 Å². The molecule has 0 unspecified atom stereocenters. The molecule has 1 rings (SSSR count). The summed E-state index contributed by atoms with van der Waals surface area (Å²) in [4.78, 5) is 35.6. The van der Waals surface area contributed by atoms with E-state index in [1.807, 2.05) is 6.92 Å². The quantitative estimate of drug-likeness (QED) is 0.158. The molecule has 0 heterocycles. The molecule has 0 aliphatic heterocycles. The average Bonchev–Trinajstić information content (AvgIpc) is 2.60. The van der Waals surface area contributed by atoms with Gasteiger partial charge >= 0.3 is 17.6 Å². The molecule has 1 aromatic carbocycles. The first-order valence-corrected chi connectivity index (χ1v) is 8.55. The lowest BCUT2D eigenvalue weighted by molar-refractivity contribution is -0.385. The highest BCUT2D eigenvalue weighted by Gasteiger charge is 2.46. The van der Waals surface area contributed by atoms with Crippen molar-refractivity contribution in [3.05, 3.63) is 34.4 Å². The number of para-hydroxylation sites is 2. The summed E-state index contributed by atoms with van der Waals surface area (Å²) in [6.07, 6.45) is 3.03.